The lowest BCUT2D eigenvalue weighted by atomic mass is 9.98. The van der Waals surface area contributed by atoms with Crippen molar-refractivity contribution in [2.75, 3.05) is 32.1 Å². The summed E-state index contributed by atoms with van der Waals surface area (Å²) in [5, 5.41) is -0.697. The molecule has 26 heavy (non-hydrogen) atoms. The second-order valence-electron chi connectivity index (χ2n) is 8.24. The Morgan fingerprint density at radius 1 is 1.00 bits per heavy atom. The maximum atomic E-state index is 12.2. The van der Waals surface area contributed by atoms with E-state index in [2.05, 4.69) is 9.62 Å². The van der Waals surface area contributed by atoms with Gasteiger partial charge in [-0.05, 0) is 45.1 Å². The van der Waals surface area contributed by atoms with Gasteiger partial charge in [-0.15, -0.1) is 0 Å². The molecule has 3 fully saturated rings. The number of rotatable bonds is 6. The molecule has 1 unspecified atom stereocenters. The van der Waals surface area contributed by atoms with Crippen LogP contribution in [0.15, 0.2) is 0 Å². The van der Waals surface area contributed by atoms with Crippen molar-refractivity contribution in [1.29, 1.82) is 0 Å². The Morgan fingerprint density at radius 2 is 1.62 bits per heavy atom. The van der Waals surface area contributed by atoms with Crippen LogP contribution in [0.25, 0.3) is 0 Å². The van der Waals surface area contributed by atoms with Crippen LogP contribution >= 0.6 is 0 Å². The third kappa shape index (κ3) is 4.77. The maximum Gasteiger partial charge on any atom is 0.210 e. The van der Waals surface area contributed by atoms with Gasteiger partial charge in [-0.1, -0.05) is 0 Å². The first-order valence-electron chi connectivity index (χ1n) is 9.46. The molecule has 0 radical (unpaired) electrons. The summed E-state index contributed by atoms with van der Waals surface area (Å²) in [6, 6.07) is 1.31. The second-order valence-corrected chi connectivity index (χ2v) is 12.3. The zero-order chi connectivity index (χ0) is 19.1. The van der Waals surface area contributed by atoms with E-state index in [0.29, 0.717) is 31.6 Å². The lowest BCUT2D eigenvalue weighted by molar-refractivity contribution is 0.0808. The fourth-order valence-corrected chi connectivity index (χ4v) is 7.16. The van der Waals surface area contributed by atoms with Crippen molar-refractivity contribution in [3.05, 3.63) is 0 Å². The van der Waals surface area contributed by atoms with Gasteiger partial charge in [-0.3, -0.25) is 9.80 Å². The van der Waals surface area contributed by atoms with E-state index in [0.717, 1.165) is 32.1 Å². The Bertz CT molecular complexity index is 698. The average Bonchev–Trinajstić information content (AvgIpc) is 2.73. The summed E-state index contributed by atoms with van der Waals surface area (Å²) in [6.45, 7) is 2.21. The number of piperidine rings is 2. The molecule has 3 aliphatic heterocycles. The van der Waals surface area contributed by atoms with E-state index in [4.69, 9.17) is 5.73 Å². The normalized spacial score (nSPS) is 37.1. The van der Waals surface area contributed by atoms with Crippen molar-refractivity contribution in [2.45, 2.75) is 68.1 Å². The molecule has 0 aliphatic carbocycles. The van der Waals surface area contributed by atoms with Gasteiger partial charge in [0.2, 0.25) is 10.0 Å². The molecule has 3 N–H and O–H groups in total. The molecular formula is C16H32N4O4S2. The van der Waals surface area contributed by atoms with Gasteiger partial charge in [0.05, 0.1) is 17.7 Å². The third-order valence-electron chi connectivity index (χ3n) is 6.13. The van der Waals surface area contributed by atoms with Crippen LogP contribution in [0, 0.1) is 0 Å². The highest BCUT2D eigenvalue weighted by Gasteiger charge is 2.42. The minimum atomic E-state index is -3.50. The standard InChI is InChI=1S/C16H32N4O4S2/c1-25(21,22)15-4-3-7-19(16(15)18-26(2,23)24)8-9-20-13-5-6-14(20)11-12(17)10-13/h12-16,18H,3-11,17H2,1-2H3/t12?,13-,14+,15-,16-/m1/s1. The number of nitrogens with zero attached hydrogens (tertiary/aromatic N) is 2. The van der Waals surface area contributed by atoms with E-state index in [1.165, 1.54) is 19.1 Å². The highest BCUT2D eigenvalue weighted by atomic mass is 32.2. The fourth-order valence-electron chi connectivity index (χ4n) is 5.02. The van der Waals surface area contributed by atoms with Gasteiger partial charge in [0.1, 0.15) is 0 Å². The van der Waals surface area contributed by atoms with Crippen LogP contribution in [0.2, 0.25) is 0 Å². The van der Waals surface area contributed by atoms with Gasteiger partial charge in [-0.2, -0.15) is 4.72 Å². The first kappa shape index (κ1) is 20.5. The monoisotopic (exact) mass is 408 g/mol. The molecule has 3 aliphatic rings. The second kappa shape index (κ2) is 7.63. The molecule has 0 amide bonds. The predicted octanol–water partition coefficient (Wildman–Crippen LogP) is -0.675. The van der Waals surface area contributed by atoms with E-state index in [9.17, 15) is 16.8 Å². The first-order chi connectivity index (χ1) is 12.0. The Balaban J connectivity index is 1.70. The molecule has 0 spiro atoms. The van der Waals surface area contributed by atoms with Crippen LogP contribution in [-0.4, -0.2) is 88.3 Å². The number of sulfone groups is 1. The van der Waals surface area contributed by atoms with Gasteiger partial charge in [-0.25, -0.2) is 16.8 Å². The molecular weight excluding hydrogens is 376 g/mol. The van der Waals surface area contributed by atoms with Gasteiger partial charge < -0.3 is 5.73 Å². The van der Waals surface area contributed by atoms with Gasteiger partial charge in [0, 0.05) is 37.5 Å². The molecule has 3 heterocycles. The van der Waals surface area contributed by atoms with Crippen LogP contribution in [-0.2, 0) is 19.9 Å². The predicted molar refractivity (Wildman–Crippen MR) is 102 cm³/mol. The zero-order valence-electron chi connectivity index (χ0n) is 15.7. The molecule has 152 valence electrons. The topological polar surface area (TPSA) is 113 Å². The Kier molecular flexibility index (Phi) is 6.01. The quantitative estimate of drug-likeness (QED) is 0.599. The van der Waals surface area contributed by atoms with Crippen molar-refractivity contribution in [1.82, 2.24) is 14.5 Å². The van der Waals surface area contributed by atoms with Gasteiger partial charge in [0.15, 0.2) is 9.84 Å². The summed E-state index contributed by atoms with van der Waals surface area (Å²) in [4.78, 5) is 4.51. The molecule has 3 rings (SSSR count). The van der Waals surface area contributed by atoms with E-state index in [1.807, 2.05) is 4.90 Å². The Labute approximate surface area is 157 Å². The minimum Gasteiger partial charge on any atom is -0.328 e. The molecule has 0 saturated carbocycles. The molecule has 0 aromatic rings. The molecule has 5 atom stereocenters. The number of sulfonamides is 1. The largest absolute Gasteiger partial charge is 0.328 e. The number of likely N-dealkylation sites (tertiary alicyclic amines) is 1. The third-order valence-corrected chi connectivity index (χ3v) is 8.39. The summed E-state index contributed by atoms with van der Waals surface area (Å²) in [7, 11) is -6.83. The molecule has 8 nitrogen and oxygen atoms in total. The van der Waals surface area contributed by atoms with Crippen molar-refractivity contribution >= 4 is 19.9 Å². The number of nitrogens with one attached hydrogen (secondary N) is 1. The summed E-state index contributed by atoms with van der Waals surface area (Å²) >= 11 is 0. The molecule has 2 bridgehead atoms. The molecule has 0 aromatic carbocycles. The molecule has 10 heteroatoms. The zero-order valence-corrected chi connectivity index (χ0v) is 17.3. The van der Waals surface area contributed by atoms with Crippen molar-refractivity contribution < 1.29 is 16.8 Å². The van der Waals surface area contributed by atoms with Crippen LogP contribution in [0.4, 0.5) is 0 Å². The Hall–Kier alpha value is -0.260. The van der Waals surface area contributed by atoms with Gasteiger partial charge >= 0.3 is 0 Å². The lowest BCUT2D eigenvalue weighted by Crippen LogP contribution is -2.61. The number of hydrogen-bond acceptors (Lipinski definition) is 7. The van der Waals surface area contributed by atoms with E-state index in [-0.39, 0.29) is 6.04 Å². The first-order valence-corrected chi connectivity index (χ1v) is 13.3. The highest BCUT2D eigenvalue weighted by molar-refractivity contribution is 7.91. The summed E-state index contributed by atoms with van der Waals surface area (Å²) in [5.41, 5.74) is 6.13. The summed E-state index contributed by atoms with van der Waals surface area (Å²) in [5.74, 6) is 0. The van der Waals surface area contributed by atoms with Crippen LogP contribution in [0.5, 0.6) is 0 Å². The minimum absolute atomic E-state index is 0.285. The van der Waals surface area contributed by atoms with Crippen molar-refractivity contribution in [2.24, 2.45) is 5.73 Å². The average molecular weight is 409 g/mol. The van der Waals surface area contributed by atoms with Crippen LogP contribution in [0.3, 0.4) is 0 Å². The smallest absolute Gasteiger partial charge is 0.210 e. The maximum absolute atomic E-state index is 12.2. The van der Waals surface area contributed by atoms with E-state index >= 15 is 0 Å². The SMILES string of the molecule is CS(=O)(=O)N[C@H]1[C@H](S(C)(=O)=O)CCCN1CCN1[C@@H]2CC[C@H]1CC(N)C2. The van der Waals surface area contributed by atoms with E-state index < -0.39 is 31.3 Å². The summed E-state index contributed by atoms with van der Waals surface area (Å²) < 4.78 is 50.6. The molecule has 3 saturated heterocycles. The Morgan fingerprint density at radius 3 is 2.15 bits per heavy atom. The van der Waals surface area contributed by atoms with E-state index in [1.54, 1.807) is 0 Å². The fraction of sp³-hybridized carbons (Fsp3) is 1.00. The highest BCUT2D eigenvalue weighted by Crippen LogP contribution is 2.35. The van der Waals surface area contributed by atoms with Crippen molar-refractivity contribution in [3.8, 4) is 0 Å². The van der Waals surface area contributed by atoms with Gasteiger partial charge in [0.25, 0.3) is 0 Å². The van der Waals surface area contributed by atoms with Crippen LogP contribution in [0.1, 0.15) is 38.5 Å². The van der Waals surface area contributed by atoms with Crippen molar-refractivity contribution in [3.63, 3.8) is 0 Å². The number of fused-ring (bicyclic) bond motifs is 2. The summed E-state index contributed by atoms with van der Waals surface area (Å²) in [6.07, 6.45) is 7.25. The lowest BCUT2D eigenvalue weighted by Gasteiger charge is -2.43. The van der Waals surface area contributed by atoms with Crippen LogP contribution < -0.4 is 10.5 Å². The number of hydrogen-bond donors (Lipinski definition) is 2. The molecule has 0 aromatic heterocycles. The number of nitrogens with two attached hydrogens (primary N) is 1.